The van der Waals surface area contributed by atoms with Gasteiger partial charge >= 0.3 is 6.03 Å². The molecule has 3 aromatic rings. The van der Waals surface area contributed by atoms with Crippen molar-refractivity contribution in [2.45, 2.75) is 58.3 Å². The quantitative estimate of drug-likeness (QED) is 0.274. The molecular weight excluding hydrogens is 612 g/mol. The standard InChI is InChI=1S/C37H48N4O7/c1-25-22-41(26(2)24-42)36(44)32-21-30(39-37(45)38-29-14-17-31(46-5)18-15-29)16-19-33(32)48-27(3)11-9-10-20-47-34(25)23-40(4)35(43)28-12-7-6-8-13-28/h6-8,12-19,21,25-27,34,42H,9-11,20,22-24H2,1-5H3,(H2,38,39,45)/t25-,26+,27+,34+/m1/s1. The van der Waals surface area contributed by atoms with Crippen molar-refractivity contribution in [3.8, 4) is 11.5 Å². The van der Waals surface area contributed by atoms with E-state index in [1.807, 2.05) is 32.0 Å². The SMILES string of the molecule is COc1ccc(NC(=O)Nc2ccc3c(c2)C(=O)N([C@@H](C)CO)C[C@@H](C)[C@H](CN(C)C(=O)c2ccccc2)OCCCC[C@H](C)O3)cc1. The van der Waals surface area contributed by atoms with Crippen molar-refractivity contribution in [1.82, 2.24) is 9.80 Å². The van der Waals surface area contributed by atoms with Crippen LogP contribution < -0.4 is 20.1 Å². The molecule has 0 fully saturated rings. The van der Waals surface area contributed by atoms with Crippen LogP contribution in [0.4, 0.5) is 16.2 Å². The molecule has 4 amide bonds. The van der Waals surface area contributed by atoms with Crippen molar-refractivity contribution in [3.63, 3.8) is 0 Å². The molecule has 0 spiro atoms. The molecule has 258 valence electrons. The molecule has 11 heteroatoms. The summed E-state index contributed by atoms with van der Waals surface area (Å²) in [5.74, 6) is 0.403. The number of carbonyl (C=O) groups excluding carboxylic acids is 3. The maximum atomic E-state index is 14.4. The van der Waals surface area contributed by atoms with E-state index in [0.29, 0.717) is 41.6 Å². The fourth-order valence-corrected chi connectivity index (χ4v) is 5.58. The lowest BCUT2D eigenvalue weighted by molar-refractivity contribution is -0.0149. The molecule has 1 heterocycles. The number of methoxy groups -OCH3 is 1. The number of hydrogen-bond acceptors (Lipinski definition) is 7. The number of fused-ring (bicyclic) bond motifs is 1. The smallest absolute Gasteiger partial charge is 0.323 e. The molecule has 4 atom stereocenters. The first-order chi connectivity index (χ1) is 23.1. The van der Waals surface area contributed by atoms with Gasteiger partial charge in [-0.15, -0.1) is 0 Å². The van der Waals surface area contributed by atoms with Gasteiger partial charge in [-0.3, -0.25) is 9.59 Å². The van der Waals surface area contributed by atoms with Crippen LogP contribution in [0.5, 0.6) is 11.5 Å². The summed E-state index contributed by atoms with van der Waals surface area (Å²) in [5.41, 5.74) is 1.83. The largest absolute Gasteiger partial charge is 0.497 e. The number of ether oxygens (including phenoxy) is 3. The van der Waals surface area contributed by atoms with E-state index in [1.54, 1.807) is 85.5 Å². The normalized spacial score (nSPS) is 19.6. The number of nitrogens with zero attached hydrogens (tertiary/aromatic N) is 2. The number of rotatable bonds is 8. The fraction of sp³-hybridized carbons (Fsp3) is 0.432. The molecular formula is C37H48N4O7. The molecule has 1 aliphatic heterocycles. The third kappa shape index (κ3) is 9.95. The van der Waals surface area contributed by atoms with Crippen LogP contribution in [0.15, 0.2) is 72.8 Å². The summed E-state index contributed by atoms with van der Waals surface area (Å²) in [6.07, 6.45) is 1.84. The Morgan fingerprint density at radius 1 is 1.02 bits per heavy atom. The van der Waals surface area contributed by atoms with E-state index in [2.05, 4.69) is 10.6 Å². The number of benzene rings is 3. The van der Waals surface area contributed by atoms with E-state index in [0.717, 1.165) is 19.3 Å². The van der Waals surface area contributed by atoms with E-state index in [4.69, 9.17) is 14.2 Å². The summed E-state index contributed by atoms with van der Waals surface area (Å²) in [6, 6.07) is 20.0. The first-order valence-electron chi connectivity index (χ1n) is 16.5. The van der Waals surface area contributed by atoms with Gasteiger partial charge in [0.2, 0.25) is 0 Å². The molecule has 48 heavy (non-hydrogen) atoms. The Morgan fingerprint density at radius 2 is 1.71 bits per heavy atom. The van der Waals surface area contributed by atoms with Gasteiger partial charge in [0.1, 0.15) is 11.5 Å². The van der Waals surface area contributed by atoms with Gasteiger partial charge in [-0.2, -0.15) is 0 Å². The minimum absolute atomic E-state index is 0.113. The molecule has 11 nitrogen and oxygen atoms in total. The number of nitrogens with one attached hydrogen (secondary N) is 2. The first kappa shape index (κ1) is 36.2. The maximum absolute atomic E-state index is 14.4. The van der Waals surface area contributed by atoms with Crippen LogP contribution in [0.2, 0.25) is 0 Å². The van der Waals surface area contributed by atoms with E-state index in [1.165, 1.54) is 0 Å². The second-order valence-electron chi connectivity index (χ2n) is 12.4. The van der Waals surface area contributed by atoms with Gasteiger partial charge in [-0.05, 0) is 87.7 Å². The van der Waals surface area contributed by atoms with E-state index in [9.17, 15) is 19.5 Å². The number of hydrogen-bond donors (Lipinski definition) is 3. The number of anilines is 2. The molecule has 0 saturated heterocycles. The highest BCUT2D eigenvalue weighted by atomic mass is 16.5. The number of urea groups is 1. The summed E-state index contributed by atoms with van der Waals surface area (Å²) in [6.45, 7) is 6.55. The predicted molar refractivity (Wildman–Crippen MR) is 186 cm³/mol. The van der Waals surface area contributed by atoms with Crippen LogP contribution in [-0.4, -0.2) is 91.5 Å². The zero-order valence-electron chi connectivity index (χ0n) is 28.5. The molecule has 0 aliphatic carbocycles. The number of amides is 4. The summed E-state index contributed by atoms with van der Waals surface area (Å²) in [5, 5.41) is 15.8. The van der Waals surface area contributed by atoms with E-state index >= 15 is 0 Å². The Balaban J connectivity index is 1.59. The zero-order chi connectivity index (χ0) is 34.6. The van der Waals surface area contributed by atoms with Crippen molar-refractivity contribution in [1.29, 1.82) is 0 Å². The summed E-state index contributed by atoms with van der Waals surface area (Å²) < 4.78 is 17.8. The number of aliphatic hydroxyl groups is 1. The highest BCUT2D eigenvalue weighted by Gasteiger charge is 2.31. The highest BCUT2D eigenvalue weighted by Crippen LogP contribution is 2.29. The number of likely N-dealkylation sites (N-methyl/N-ethyl adjacent to an activating group) is 1. The monoisotopic (exact) mass is 660 g/mol. The molecule has 4 rings (SSSR count). The highest BCUT2D eigenvalue weighted by molar-refractivity contribution is 6.02. The average Bonchev–Trinajstić information content (AvgIpc) is 3.09. The van der Waals surface area contributed by atoms with E-state index in [-0.39, 0.29) is 48.7 Å². The topological polar surface area (TPSA) is 130 Å². The predicted octanol–water partition coefficient (Wildman–Crippen LogP) is 5.91. The Labute approximate surface area is 283 Å². The number of carbonyl (C=O) groups is 3. The zero-order valence-corrected chi connectivity index (χ0v) is 28.5. The van der Waals surface area contributed by atoms with Crippen molar-refractivity contribution in [3.05, 3.63) is 83.9 Å². The summed E-state index contributed by atoms with van der Waals surface area (Å²) in [4.78, 5) is 43.7. The third-order valence-corrected chi connectivity index (χ3v) is 8.48. The van der Waals surface area contributed by atoms with Crippen LogP contribution in [0, 0.1) is 5.92 Å². The lowest BCUT2D eigenvalue weighted by Gasteiger charge is -2.36. The number of aliphatic hydroxyl groups excluding tert-OH is 1. The summed E-state index contributed by atoms with van der Waals surface area (Å²) >= 11 is 0. The van der Waals surface area contributed by atoms with Crippen molar-refractivity contribution < 1.29 is 33.7 Å². The van der Waals surface area contributed by atoms with Gasteiger partial charge in [0.15, 0.2) is 0 Å². The van der Waals surface area contributed by atoms with Crippen LogP contribution >= 0.6 is 0 Å². The minimum Gasteiger partial charge on any atom is -0.497 e. The Bertz CT molecular complexity index is 1500. The van der Waals surface area contributed by atoms with Gasteiger partial charge < -0.3 is 39.8 Å². The van der Waals surface area contributed by atoms with Gasteiger partial charge in [0.05, 0.1) is 37.5 Å². The molecule has 0 bridgehead atoms. The van der Waals surface area contributed by atoms with Crippen LogP contribution in [0.3, 0.4) is 0 Å². The molecule has 3 aromatic carbocycles. The van der Waals surface area contributed by atoms with Gasteiger partial charge in [-0.25, -0.2) is 4.79 Å². The van der Waals surface area contributed by atoms with E-state index < -0.39 is 12.1 Å². The lowest BCUT2D eigenvalue weighted by Crippen LogP contribution is -2.48. The lowest BCUT2D eigenvalue weighted by atomic mass is 10.0. The Kier molecular flexibility index (Phi) is 13.2. The average molecular weight is 661 g/mol. The van der Waals surface area contributed by atoms with Crippen LogP contribution in [0.25, 0.3) is 0 Å². The van der Waals surface area contributed by atoms with Crippen LogP contribution in [0.1, 0.15) is 60.7 Å². The second kappa shape index (κ2) is 17.5. The van der Waals surface area contributed by atoms with Crippen molar-refractivity contribution in [2.24, 2.45) is 5.92 Å². The van der Waals surface area contributed by atoms with Crippen molar-refractivity contribution >= 4 is 29.2 Å². The third-order valence-electron chi connectivity index (χ3n) is 8.48. The molecule has 0 saturated carbocycles. The first-order valence-corrected chi connectivity index (χ1v) is 16.5. The van der Waals surface area contributed by atoms with Crippen molar-refractivity contribution in [2.75, 3.05) is 51.1 Å². The fourth-order valence-electron chi connectivity index (χ4n) is 5.58. The Morgan fingerprint density at radius 3 is 2.40 bits per heavy atom. The molecule has 0 aromatic heterocycles. The molecule has 0 unspecified atom stereocenters. The van der Waals surface area contributed by atoms with Crippen LogP contribution in [-0.2, 0) is 4.74 Å². The van der Waals surface area contributed by atoms with Gasteiger partial charge in [-0.1, -0.05) is 25.1 Å². The minimum atomic E-state index is -0.530. The second-order valence-corrected chi connectivity index (χ2v) is 12.4. The molecule has 3 N–H and O–H groups in total. The van der Waals surface area contributed by atoms with Gasteiger partial charge in [0.25, 0.3) is 11.8 Å². The molecule has 0 radical (unpaired) electrons. The van der Waals surface area contributed by atoms with Gasteiger partial charge in [0, 0.05) is 49.6 Å². The Hall–Kier alpha value is -4.61. The maximum Gasteiger partial charge on any atom is 0.323 e. The summed E-state index contributed by atoms with van der Waals surface area (Å²) in [7, 11) is 3.32. The molecule has 1 aliphatic rings.